The summed E-state index contributed by atoms with van der Waals surface area (Å²) in [5.41, 5.74) is 8.67. The third-order valence-electron chi connectivity index (χ3n) is 7.77. The molecule has 5 rings (SSSR count). The summed E-state index contributed by atoms with van der Waals surface area (Å²) in [6, 6.07) is 18.8. The van der Waals surface area contributed by atoms with Gasteiger partial charge in [0.25, 0.3) is 0 Å². The molecule has 3 aromatic carbocycles. The lowest BCUT2D eigenvalue weighted by Crippen LogP contribution is -2.48. The third-order valence-corrected chi connectivity index (χ3v) is 7.77. The highest BCUT2D eigenvalue weighted by atomic mass is 19.3. The molecule has 3 nitrogen and oxygen atoms in total. The summed E-state index contributed by atoms with van der Waals surface area (Å²) in [5.74, 6) is -0.727. The largest absolute Gasteiger partial charge is 0.478 e. The van der Waals surface area contributed by atoms with E-state index in [2.05, 4.69) is 29.2 Å². The lowest BCUT2D eigenvalue weighted by Gasteiger charge is -2.39. The number of alkyl halides is 2. The first-order chi connectivity index (χ1) is 18.3. The number of fused-ring (bicyclic) bond motifs is 1. The molecule has 0 bridgehead atoms. The first-order valence-corrected chi connectivity index (χ1v) is 13.2. The van der Waals surface area contributed by atoms with Crippen LogP contribution in [0, 0.1) is 18.7 Å². The number of likely N-dealkylation sites (tertiary alicyclic amines) is 1. The van der Waals surface area contributed by atoms with Crippen molar-refractivity contribution < 1.29 is 23.1 Å². The topological polar surface area (TPSA) is 40.5 Å². The van der Waals surface area contributed by atoms with Crippen molar-refractivity contribution in [2.75, 3.05) is 19.6 Å². The van der Waals surface area contributed by atoms with Gasteiger partial charge >= 0.3 is 5.97 Å². The van der Waals surface area contributed by atoms with Crippen LogP contribution in [-0.4, -0.2) is 42.0 Å². The summed E-state index contributed by atoms with van der Waals surface area (Å²) in [7, 11) is 0. The van der Waals surface area contributed by atoms with Crippen LogP contribution < -0.4 is 0 Å². The molecule has 0 spiro atoms. The van der Waals surface area contributed by atoms with Crippen molar-refractivity contribution in [2.45, 2.75) is 45.5 Å². The maximum absolute atomic E-state index is 14.0. The molecule has 6 heteroatoms. The van der Waals surface area contributed by atoms with E-state index in [0.29, 0.717) is 12.5 Å². The van der Waals surface area contributed by atoms with Gasteiger partial charge in [-0.05, 0) is 107 Å². The van der Waals surface area contributed by atoms with E-state index in [1.165, 1.54) is 11.6 Å². The van der Waals surface area contributed by atoms with Crippen LogP contribution in [0.5, 0.6) is 0 Å². The minimum Gasteiger partial charge on any atom is -0.478 e. The molecule has 38 heavy (non-hydrogen) atoms. The molecular weight excluding hydrogens is 487 g/mol. The maximum Gasteiger partial charge on any atom is 0.335 e. The van der Waals surface area contributed by atoms with Gasteiger partial charge in [0, 0.05) is 26.1 Å². The maximum atomic E-state index is 14.0. The van der Waals surface area contributed by atoms with Gasteiger partial charge in [0.1, 0.15) is 5.82 Å². The highest BCUT2D eigenvalue weighted by Crippen LogP contribution is 2.41. The second kappa shape index (κ2) is 11.2. The summed E-state index contributed by atoms with van der Waals surface area (Å²) < 4.78 is 38.9. The summed E-state index contributed by atoms with van der Waals surface area (Å²) in [4.78, 5) is 13.7. The standard InChI is InChI=1S/C32H32F3NO2/c1-20-15-26(33)10-12-27(20)29-4-2-3-24-17-25(32(37)38)9-11-28(24)31(29)23-7-5-21(6-8-23)16-22-18-36(19-22)14-13-30(34)35/h5-12,15,17,22,30H,2-4,13-14,16,18-19H2,1H3,(H,37,38). The van der Waals surface area contributed by atoms with Crippen molar-refractivity contribution in [1.82, 2.24) is 4.90 Å². The van der Waals surface area contributed by atoms with Crippen LogP contribution in [0.4, 0.5) is 13.2 Å². The van der Waals surface area contributed by atoms with E-state index in [1.54, 1.807) is 18.2 Å². The first-order valence-electron chi connectivity index (χ1n) is 13.2. The van der Waals surface area contributed by atoms with Gasteiger partial charge in [0.15, 0.2) is 0 Å². The minimum absolute atomic E-state index is 0.0676. The molecule has 1 aliphatic heterocycles. The van der Waals surface area contributed by atoms with E-state index in [9.17, 15) is 23.1 Å². The summed E-state index contributed by atoms with van der Waals surface area (Å²) in [6.45, 7) is 4.09. The molecule has 3 aromatic rings. The molecule has 0 amide bonds. The van der Waals surface area contributed by atoms with E-state index >= 15 is 0 Å². The fraction of sp³-hybridized carbons (Fsp3) is 0.344. The molecule has 0 radical (unpaired) electrons. The Morgan fingerprint density at radius 2 is 1.74 bits per heavy atom. The van der Waals surface area contributed by atoms with Crippen LogP contribution in [0.1, 0.15) is 63.0 Å². The molecule has 0 saturated carbocycles. The Hall–Kier alpha value is -3.38. The number of hydrogen-bond donors (Lipinski definition) is 1. The van der Waals surface area contributed by atoms with E-state index in [1.807, 2.05) is 19.1 Å². The van der Waals surface area contributed by atoms with Crippen LogP contribution in [0.3, 0.4) is 0 Å². The predicted molar refractivity (Wildman–Crippen MR) is 144 cm³/mol. The Morgan fingerprint density at radius 3 is 2.42 bits per heavy atom. The van der Waals surface area contributed by atoms with Crippen molar-refractivity contribution in [3.8, 4) is 0 Å². The van der Waals surface area contributed by atoms with Gasteiger partial charge in [-0.1, -0.05) is 36.4 Å². The van der Waals surface area contributed by atoms with Crippen molar-refractivity contribution >= 4 is 17.1 Å². The zero-order valence-electron chi connectivity index (χ0n) is 21.5. The zero-order chi connectivity index (χ0) is 26.8. The Balaban J connectivity index is 1.47. The number of nitrogens with zero attached hydrogens (tertiary/aromatic N) is 1. The molecule has 0 aromatic heterocycles. The third kappa shape index (κ3) is 5.70. The van der Waals surface area contributed by atoms with Gasteiger partial charge in [0.05, 0.1) is 5.56 Å². The number of rotatable bonds is 8. The van der Waals surface area contributed by atoms with E-state index in [4.69, 9.17) is 0 Å². The molecule has 0 unspecified atom stereocenters. The van der Waals surface area contributed by atoms with E-state index in [-0.39, 0.29) is 17.8 Å². The Morgan fingerprint density at radius 1 is 1.00 bits per heavy atom. The zero-order valence-corrected chi connectivity index (χ0v) is 21.5. The highest BCUT2D eigenvalue weighted by molar-refractivity contribution is 6.01. The van der Waals surface area contributed by atoms with Crippen molar-refractivity contribution in [3.05, 3.63) is 105 Å². The van der Waals surface area contributed by atoms with Crippen LogP contribution in [0.2, 0.25) is 0 Å². The van der Waals surface area contributed by atoms with Crippen molar-refractivity contribution in [1.29, 1.82) is 0 Å². The summed E-state index contributed by atoms with van der Waals surface area (Å²) in [5, 5.41) is 9.55. The van der Waals surface area contributed by atoms with E-state index < -0.39 is 12.4 Å². The van der Waals surface area contributed by atoms with Crippen LogP contribution in [-0.2, 0) is 12.8 Å². The number of carboxylic acids is 1. The fourth-order valence-corrected chi connectivity index (χ4v) is 5.89. The number of hydrogen-bond acceptors (Lipinski definition) is 2. The molecule has 1 saturated heterocycles. The first kappa shape index (κ1) is 26.2. The average Bonchev–Trinajstić information content (AvgIpc) is 3.04. The van der Waals surface area contributed by atoms with Gasteiger partial charge < -0.3 is 10.0 Å². The Bertz CT molecular complexity index is 1360. The fourth-order valence-electron chi connectivity index (χ4n) is 5.89. The number of aryl methyl sites for hydroxylation is 2. The van der Waals surface area contributed by atoms with Crippen molar-refractivity contribution in [2.24, 2.45) is 5.92 Å². The SMILES string of the molecule is Cc1cc(F)ccc1C1=C(c2ccc(CC3CN(CCC(F)F)C3)cc2)c2ccc(C(=O)O)cc2CCC1. The van der Waals surface area contributed by atoms with Gasteiger partial charge in [-0.15, -0.1) is 0 Å². The Kier molecular flexibility index (Phi) is 7.70. The molecule has 198 valence electrons. The second-order valence-corrected chi connectivity index (χ2v) is 10.5. The summed E-state index contributed by atoms with van der Waals surface area (Å²) in [6.07, 6.45) is 1.04. The quantitative estimate of drug-likeness (QED) is 0.341. The molecule has 1 N–H and O–H groups in total. The highest BCUT2D eigenvalue weighted by Gasteiger charge is 2.27. The van der Waals surface area contributed by atoms with Gasteiger partial charge in [-0.25, -0.2) is 18.0 Å². The number of benzene rings is 3. The Labute approximate surface area is 221 Å². The molecule has 1 fully saturated rings. The van der Waals surface area contributed by atoms with Crippen LogP contribution in [0.25, 0.3) is 11.1 Å². The van der Waals surface area contributed by atoms with Crippen LogP contribution >= 0.6 is 0 Å². The van der Waals surface area contributed by atoms with Gasteiger partial charge in [-0.2, -0.15) is 0 Å². The number of halogens is 3. The molecule has 1 aliphatic carbocycles. The number of aromatic carboxylic acids is 1. The monoisotopic (exact) mass is 519 g/mol. The van der Waals surface area contributed by atoms with Crippen molar-refractivity contribution in [3.63, 3.8) is 0 Å². The molecule has 1 heterocycles. The van der Waals surface area contributed by atoms with Crippen LogP contribution in [0.15, 0.2) is 60.7 Å². The average molecular weight is 520 g/mol. The molecule has 2 aliphatic rings. The number of allylic oxidation sites excluding steroid dienone is 1. The summed E-state index contributed by atoms with van der Waals surface area (Å²) >= 11 is 0. The van der Waals surface area contributed by atoms with Gasteiger partial charge in [-0.3, -0.25) is 0 Å². The minimum atomic E-state index is -2.25. The molecule has 0 atom stereocenters. The number of carboxylic acid groups (broad SMARTS) is 1. The van der Waals surface area contributed by atoms with E-state index in [0.717, 1.165) is 77.7 Å². The van der Waals surface area contributed by atoms with Gasteiger partial charge in [0.2, 0.25) is 6.43 Å². The second-order valence-electron chi connectivity index (χ2n) is 10.5. The predicted octanol–water partition coefficient (Wildman–Crippen LogP) is 7.26. The normalized spacial score (nSPS) is 16.3. The lowest BCUT2D eigenvalue weighted by atomic mass is 9.85. The lowest BCUT2D eigenvalue weighted by molar-refractivity contribution is 0.0626. The molecular formula is C32H32F3NO2. The smallest absolute Gasteiger partial charge is 0.335 e. The number of carbonyl (C=O) groups is 1.